The Bertz CT molecular complexity index is 182. The maximum absolute atomic E-state index is 5.39. The van der Waals surface area contributed by atoms with E-state index in [1.54, 1.807) is 0 Å². The molecule has 0 aromatic carbocycles. The first-order chi connectivity index (χ1) is 6.86. The van der Waals surface area contributed by atoms with Crippen molar-refractivity contribution in [2.24, 2.45) is 0 Å². The molecule has 0 spiro atoms. The molecule has 1 unspecified atom stereocenters. The number of ether oxygens (including phenoxy) is 1. The van der Waals surface area contributed by atoms with Crippen LogP contribution >= 0.6 is 11.8 Å². The summed E-state index contributed by atoms with van der Waals surface area (Å²) in [7, 11) is 0. The van der Waals surface area contributed by atoms with Crippen LogP contribution in [0, 0.1) is 0 Å². The van der Waals surface area contributed by atoms with Crippen molar-refractivity contribution >= 4 is 11.8 Å². The van der Waals surface area contributed by atoms with Crippen molar-refractivity contribution < 1.29 is 4.74 Å². The molecule has 0 amide bonds. The molecule has 0 radical (unpaired) electrons. The fourth-order valence-corrected chi connectivity index (χ4v) is 2.29. The first kappa shape index (κ1) is 12.1. The molecule has 1 atom stereocenters. The fourth-order valence-electron chi connectivity index (χ4n) is 1.53. The van der Waals surface area contributed by atoms with Crippen molar-refractivity contribution in [2.45, 2.75) is 25.8 Å². The van der Waals surface area contributed by atoms with Gasteiger partial charge in [0, 0.05) is 18.3 Å². The Kier molecular flexibility index (Phi) is 6.32. The SMILES string of the molecule is CCC(CSC)NCC1=CCCOC1. The van der Waals surface area contributed by atoms with Crippen LogP contribution in [-0.2, 0) is 4.74 Å². The van der Waals surface area contributed by atoms with Crippen LogP contribution in [0.1, 0.15) is 19.8 Å². The van der Waals surface area contributed by atoms with Crippen molar-refractivity contribution in [3.05, 3.63) is 11.6 Å². The fraction of sp³-hybridized carbons (Fsp3) is 0.818. The van der Waals surface area contributed by atoms with E-state index in [4.69, 9.17) is 4.74 Å². The highest BCUT2D eigenvalue weighted by atomic mass is 32.2. The minimum absolute atomic E-state index is 0.646. The molecule has 0 saturated carbocycles. The van der Waals surface area contributed by atoms with E-state index in [9.17, 15) is 0 Å². The second kappa shape index (κ2) is 7.32. The Morgan fingerprint density at radius 1 is 1.64 bits per heavy atom. The van der Waals surface area contributed by atoms with Crippen LogP contribution in [-0.4, -0.2) is 37.8 Å². The Hall–Kier alpha value is 0.01000. The van der Waals surface area contributed by atoms with Gasteiger partial charge in [-0.05, 0) is 24.7 Å². The van der Waals surface area contributed by atoms with E-state index in [2.05, 4.69) is 24.6 Å². The summed E-state index contributed by atoms with van der Waals surface area (Å²) in [5, 5.41) is 3.57. The van der Waals surface area contributed by atoms with Gasteiger partial charge in [-0.25, -0.2) is 0 Å². The molecule has 82 valence electrons. The molecule has 0 bridgehead atoms. The number of thioether (sulfide) groups is 1. The van der Waals surface area contributed by atoms with Crippen molar-refractivity contribution in [1.29, 1.82) is 0 Å². The molecule has 2 nitrogen and oxygen atoms in total. The molecular weight excluding hydrogens is 194 g/mol. The highest BCUT2D eigenvalue weighted by Crippen LogP contribution is 2.06. The molecule has 1 N–H and O–H groups in total. The number of nitrogens with one attached hydrogen (secondary N) is 1. The zero-order chi connectivity index (χ0) is 10.2. The maximum atomic E-state index is 5.39. The van der Waals surface area contributed by atoms with E-state index in [1.165, 1.54) is 17.7 Å². The second-order valence-corrected chi connectivity index (χ2v) is 4.56. The van der Waals surface area contributed by atoms with E-state index in [0.29, 0.717) is 6.04 Å². The van der Waals surface area contributed by atoms with Gasteiger partial charge >= 0.3 is 0 Å². The summed E-state index contributed by atoms with van der Waals surface area (Å²) in [5.41, 5.74) is 1.41. The molecule has 0 aromatic rings. The third-order valence-electron chi connectivity index (χ3n) is 2.46. The Morgan fingerprint density at radius 2 is 2.50 bits per heavy atom. The van der Waals surface area contributed by atoms with E-state index in [1.807, 2.05) is 11.8 Å². The first-order valence-electron chi connectivity index (χ1n) is 5.34. The molecular formula is C11H21NOS. The quantitative estimate of drug-likeness (QED) is 0.685. The standard InChI is InChI=1S/C11H21NOS/c1-3-11(9-14-2)12-7-10-5-4-6-13-8-10/h5,11-12H,3-4,6-9H2,1-2H3. The zero-order valence-corrected chi connectivity index (χ0v) is 10.0. The van der Waals surface area contributed by atoms with Gasteiger partial charge in [0.05, 0.1) is 13.2 Å². The predicted octanol–water partition coefficient (Wildman–Crippen LogP) is 2.06. The van der Waals surface area contributed by atoms with E-state index < -0.39 is 0 Å². The molecule has 1 aliphatic heterocycles. The van der Waals surface area contributed by atoms with Crippen LogP contribution in [0.5, 0.6) is 0 Å². The monoisotopic (exact) mass is 215 g/mol. The minimum Gasteiger partial charge on any atom is -0.377 e. The predicted molar refractivity (Wildman–Crippen MR) is 64.0 cm³/mol. The summed E-state index contributed by atoms with van der Waals surface area (Å²) in [6.45, 7) is 4.95. The van der Waals surface area contributed by atoms with Gasteiger partial charge in [-0.2, -0.15) is 11.8 Å². The molecule has 3 heteroatoms. The maximum Gasteiger partial charge on any atom is 0.0689 e. The third-order valence-corrected chi connectivity index (χ3v) is 3.20. The smallest absolute Gasteiger partial charge is 0.0689 e. The normalized spacial score (nSPS) is 19.1. The number of hydrogen-bond donors (Lipinski definition) is 1. The van der Waals surface area contributed by atoms with Crippen molar-refractivity contribution in [1.82, 2.24) is 5.32 Å². The van der Waals surface area contributed by atoms with Crippen LogP contribution in [0.4, 0.5) is 0 Å². The average molecular weight is 215 g/mol. The lowest BCUT2D eigenvalue weighted by Gasteiger charge is -2.19. The van der Waals surface area contributed by atoms with Crippen molar-refractivity contribution in [2.75, 3.05) is 31.8 Å². The lowest BCUT2D eigenvalue weighted by molar-refractivity contribution is 0.148. The largest absolute Gasteiger partial charge is 0.377 e. The Balaban J connectivity index is 2.19. The van der Waals surface area contributed by atoms with E-state index in [-0.39, 0.29) is 0 Å². The average Bonchev–Trinajstić information content (AvgIpc) is 2.25. The van der Waals surface area contributed by atoms with Gasteiger partial charge in [-0.15, -0.1) is 0 Å². The molecule has 1 heterocycles. The van der Waals surface area contributed by atoms with Gasteiger partial charge in [0.2, 0.25) is 0 Å². The summed E-state index contributed by atoms with van der Waals surface area (Å²) >= 11 is 1.91. The molecule has 14 heavy (non-hydrogen) atoms. The minimum atomic E-state index is 0.646. The number of rotatable bonds is 6. The summed E-state index contributed by atoms with van der Waals surface area (Å²) in [6.07, 6.45) is 6.75. The van der Waals surface area contributed by atoms with Crippen LogP contribution in [0.15, 0.2) is 11.6 Å². The Morgan fingerprint density at radius 3 is 3.07 bits per heavy atom. The van der Waals surface area contributed by atoms with E-state index >= 15 is 0 Å². The van der Waals surface area contributed by atoms with Gasteiger partial charge in [0.15, 0.2) is 0 Å². The summed E-state index contributed by atoms with van der Waals surface area (Å²) in [6, 6.07) is 0.646. The van der Waals surface area contributed by atoms with Gasteiger partial charge < -0.3 is 10.1 Å². The highest BCUT2D eigenvalue weighted by molar-refractivity contribution is 7.98. The van der Waals surface area contributed by atoms with Crippen LogP contribution in [0.25, 0.3) is 0 Å². The third kappa shape index (κ3) is 4.49. The van der Waals surface area contributed by atoms with Crippen molar-refractivity contribution in [3.8, 4) is 0 Å². The van der Waals surface area contributed by atoms with Crippen LogP contribution < -0.4 is 5.32 Å². The Labute approximate surface area is 91.5 Å². The molecule has 0 fully saturated rings. The second-order valence-electron chi connectivity index (χ2n) is 3.65. The lowest BCUT2D eigenvalue weighted by Crippen LogP contribution is -2.33. The van der Waals surface area contributed by atoms with Gasteiger partial charge in [0.1, 0.15) is 0 Å². The highest BCUT2D eigenvalue weighted by Gasteiger charge is 2.07. The van der Waals surface area contributed by atoms with Gasteiger partial charge in [-0.3, -0.25) is 0 Å². The summed E-state index contributed by atoms with van der Waals surface area (Å²) in [4.78, 5) is 0. The molecule has 0 aromatic heterocycles. The first-order valence-corrected chi connectivity index (χ1v) is 6.74. The van der Waals surface area contributed by atoms with Gasteiger partial charge in [-0.1, -0.05) is 13.0 Å². The zero-order valence-electron chi connectivity index (χ0n) is 9.21. The lowest BCUT2D eigenvalue weighted by atomic mass is 10.2. The van der Waals surface area contributed by atoms with Crippen molar-refractivity contribution in [3.63, 3.8) is 0 Å². The summed E-state index contributed by atoms with van der Waals surface area (Å²) < 4.78 is 5.39. The van der Waals surface area contributed by atoms with Crippen LogP contribution in [0.3, 0.4) is 0 Å². The molecule has 0 aliphatic carbocycles. The molecule has 0 saturated heterocycles. The summed E-state index contributed by atoms with van der Waals surface area (Å²) in [5.74, 6) is 1.20. The van der Waals surface area contributed by atoms with Gasteiger partial charge in [0.25, 0.3) is 0 Å². The topological polar surface area (TPSA) is 21.3 Å². The number of hydrogen-bond acceptors (Lipinski definition) is 3. The molecule has 1 aliphatic rings. The van der Waals surface area contributed by atoms with Crippen LogP contribution in [0.2, 0.25) is 0 Å². The molecule has 1 rings (SSSR count). The van der Waals surface area contributed by atoms with E-state index in [0.717, 1.165) is 26.2 Å².